The van der Waals surface area contributed by atoms with Gasteiger partial charge in [0, 0.05) is 19.5 Å². The largest absolute Gasteiger partial charge is 0.483 e. The quantitative estimate of drug-likeness (QED) is 0.597. The lowest BCUT2D eigenvalue weighted by atomic mass is 10.3. The number of amides is 2. The number of aromatic nitrogens is 2. The molecule has 9 nitrogen and oxygen atoms in total. The minimum Gasteiger partial charge on any atom is -0.483 e. The zero-order chi connectivity index (χ0) is 17.2. The topological polar surface area (TPSA) is 127 Å². The van der Waals surface area contributed by atoms with Crippen LogP contribution in [0.5, 0.6) is 0 Å². The number of carbonyl (C=O) groups is 3. The molecule has 0 spiro atoms. The van der Waals surface area contributed by atoms with E-state index >= 15 is 0 Å². The van der Waals surface area contributed by atoms with Crippen LogP contribution in [0.25, 0.3) is 0 Å². The van der Waals surface area contributed by atoms with Crippen molar-refractivity contribution in [3.8, 4) is 0 Å². The van der Waals surface area contributed by atoms with Crippen LogP contribution in [0.4, 0.5) is 0 Å². The first-order valence-electron chi connectivity index (χ1n) is 7.26. The van der Waals surface area contributed by atoms with Crippen LogP contribution in [0.15, 0.2) is 6.20 Å². The van der Waals surface area contributed by atoms with E-state index in [1.165, 1.54) is 0 Å². The molecule has 128 valence electrons. The highest BCUT2D eigenvalue weighted by atomic mass is 16.3. The van der Waals surface area contributed by atoms with E-state index in [0.29, 0.717) is 19.5 Å². The van der Waals surface area contributed by atoms with Crippen LogP contribution in [0.2, 0.25) is 0 Å². The van der Waals surface area contributed by atoms with Gasteiger partial charge in [0.2, 0.25) is 11.8 Å². The zero-order valence-corrected chi connectivity index (χ0v) is 13.1. The molecule has 1 aliphatic heterocycles. The maximum Gasteiger partial charge on any atom is 0.290 e. The van der Waals surface area contributed by atoms with E-state index in [-0.39, 0.29) is 38.0 Å². The van der Waals surface area contributed by atoms with Gasteiger partial charge in [0.1, 0.15) is 5.82 Å². The number of carbonyl (C=O) groups excluding carboxylic acids is 2. The van der Waals surface area contributed by atoms with Crippen molar-refractivity contribution in [3.63, 3.8) is 0 Å². The lowest BCUT2D eigenvalue weighted by molar-refractivity contribution is -0.139. The Labute approximate surface area is 133 Å². The highest BCUT2D eigenvalue weighted by Crippen LogP contribution is 2.10. The summed E-state index contributed by atoms with van der Waals surface area (Å²) in [6.07, 6.45) is 3.01. The Morgan fingerprint density at radius 1 is 1.57 bits per heavy atom. The molecule has 0 unspecified atom stereocenters. The molecule has 2 heterocycles. The second-order valence-electron chi connectivity index (χ2n) is 5.06. The van der Waals surface area contributed by atoms with E-state index in [1.807, 2.05) is 6.92 Å². The third kappa shape index (κ3) is 6.07. The molecule has 23 heavy (non-hydrogen) atoms. The Bertz CT molecular complexity index is 531. The number of H-pyrrole nitrogens is 1. The first-order valence-corrected chi connectivity index (χ1v) is 7.26. The molecular formula is C14H22N4O5. The Kier molecular flexibility index (Phi) is 7.75. The van der Waals surface area contributed by atoms with Crippen LogP contribution in [-0.2, 0) is 20.9 Å². The number of nitrogens with one attached hydrogen (secondary N) is 1. The van der Waals surface area contributed by atoms with Gasteiger partial charge in [-0.2, -0.15) is 0 Å². The van der Waals surface area contributed by atoms with Crippen molar-refractivity contribution in [3.05, 3.63) is 17.7 Å². The van der Waals surface area contributed by atoms with Crippen molar-refractivity contribution >= 4 is 18.3 Å². The van der Waals surface area contributed by atoms with Crippen molar-refractivity contribution in [2.75, 3.05) is 26.2 Å². The smallest absolute Gasteiger partial charge is 0.290 e. The molecule has 0 aromatic carbocycles. The maximum atomic E-state index is 12.2. The predicted octanol–water partition coefficient (Wildman–Crippen LogP) is -0.638. The third-order valence-electron chi connectivity index (χ3n) is 3.34. The third-order valence-corrected chi connectivity index (χ3v) is 3.34. The number of imidazole rings is 1. The fraction of sp³-hybridized carbons (Fsp3) is 0.571. The van der Waals surface area contributed by atoms with E-state index in [4.69, 9.17) is 15.0 Å². The normalized spacial score (nSPS) is 13.5. The highest BCUT2D eigenvalue weighted by molar-refractivity contribution is 5.85. The van der Waals surface area contributed by atoms with Gasteiger partial charge in [-0.15, -0.1) is 0 Å². The standard InChI is InChI=1S/C13H20N4O3.CH2O2/c1-10-14-7-11(15-10)8-17(5-6-18)13(20)9-16-4-2-3-12(16)19;2-1-3/h7,18H,2-6,8-9H2,1H3,(H,14,15);1H,(H,2,3). The van der Waals surface area contributed by atoms with Gasteiger partial charge in [-0.3, -0.25) is 14.4 Å². The van der Waals surface area contributed by atoms with Gasteiger partial charge in [0.15, 0.2) is 0 Å². The summed E-state index contributed by atoms with van der Waals surface area (Å²) >= 11 is 0. The van der Waals surface area contributed by atoms with Gasteiger partial charge in [0.05, 0.1) is 31.6 Å². The highest BCUT2D eigenvalue weighted by Gasteiger charge is 2.25. The van der Waals surface area contributed by atoms with Crippen LogP contribution in [0.3, 0.4) is 0 Å². The number of hydrogen-bond donors (Lipinski definition) is 3. The zero-order valence-electron chi connectivity index (χ0n) is 13.1. The summed E-state index contributed by atoms with van der Waals surface area (Å²) in [7, 11) is 0. The average molecular weight is 326 g/mol. The summed E-state index contributed by atoms with van der Waals surface area (Å²) in [5.74, 6) is 0.660. The van der Waals surface area contributed by atoms with Gasteiger partial charge < -0.3 is 25.0 Å². The minimum absolute atomic E-state index is 0.0275. The Morgan fingerprint density at radius 3 is 2.74 bits per heavy atom. The molecule has 1 saturated heterocycles. The molecule has 3 N–H and O–H groups in total. The van der Waals surface area contributed by atoms with Crippen molar-refractivity contribution in [1.82, 2.24) is 19.8 Å². The lowest BCUT2D eigenvalue weighted by Crippen LogP contribution is -2.41. The average Bonchev–Trinajstić information content (AvgIpc) is 3.08. The van der Waals surface area contributed by atoms with Gasteiger partial charge >= 0.3 is 0 Å². The molecule has 2 rings (SSSR count). The van der Waals surface area contributed by atoms with Gasteiger partial charge in [-0.25, -0.2) is 4.98 Å². The Hall–Kier alpha value is -2.42. The molecule has 0 bridgehead atoms. The number of aliphatic hydroxyl groups excluding tert-OH is 1. The summed E-state index contributed by atoms with van der Waals surface area (Å²) in [6.45, 7) is 2.82. The summed E-state index contributed by atoms with van der Waals surface area (Å²) in [5, 5.41) is 16.0. The van der Waals surface area contributed by atoms with Gasteiger partial charge in [-0.1, -0.05) is 0 Å². The predicted molar refractivity (Wildman–Crippen MR) is 80.3 cm³/mol. The first-order chi connectivity index (χ1) is 11.0. The van der Waals surface area contributed by atoms with Crippen LogP contribution >= 0.6 is 0 Å². The molecular weight excluding hydrogens is 304 g/mol. The van der Waals surface area contributed by atoms with Crippen LogP contribution in [-0.4, -0.2) is 74.5 Å². The molecule has 0 atom stereocenters. The molecule has 9 heteroatoms. The van der Waals surface area contributed by atoms with E-state index in [2.05, 4.69) is 9.97 Å². The van der Waals surface area contributed by atoms with Crippen LogP contribution in [0, 0.1) is 6.92 Å². The summed E-state index contributed by atoms with van der Waals surface area (Å²) in [5.41, 5.74) is 0.817. The first kappa shape index (κ1) is 18.6. The monoisotopic (exact) mass is 326 g/mol. The van der Waals surface area contributed by atoms with Crippen LogP contribution in [0.1, 0.15) is 24.4 Å². The number of carboxylic acid groups (broad SMARTS) is 1. The number of nitrogens with zero attached hydrogens (tertiary/aromatic N) is 3. The fourth-order valence-corrected chi connectivity index (χ4v) is 2.30. The fourth-order valence-electron chi connectivity index (χ4n) is 2.30. The molecule has 1 aliphatic rings. The lowest BCUT2D eigenvalue weighted by Gasteiger charge is -2.24. The van der Waals surface area contributed by atoms with E-state index in [9.17, 15) is 9.59 Å². The number of hydrogen-bond acceptors (Lipinski definition) is 5. The molecule has 1 aromatic heterocycles. The van der Waals surface area contributed by atoms with E-state index in [1.54, 1.807) is 16.0 Å². The van der Waals surface area contributed by atoms with E-state index < -0.39 is 0 Å². The minimum atomic E-state index is -0.250. The Balaban J connectivity index is 0.000000816. The summed E-state index contributed by atoms with van der Waals surface area (Å²) in [6, 6.07) is 0. The summed E-state index contributed by atoms with van der Waals surface area (Å²) in [4.78, 5) is 42.4. The number of aryl methyl sites for hydroxylation is 1. The number of rotatable bonds is 6. The summed E-state index contributed by atoms with van der Waals surface area (Å²) < 4.78 is 0. The molecule has 1 aromatic rings. The molecule has 0 radical (unpaired) electrons. The number of likely N-dealkylation sites (tertiary alicyclic amines) is 1. The molecule has 0 saturated carbocycles. The Morgan fingerprint density at radius 2 is 2.26 bits per heavy atom. The second kappa shape index (κ2) is 9.57. The molecule has 1 fully saturated rings. The van der Waals surface area contributed by atoms with Gasteiger partial charge in [0.25, 0.3) is 6.47 Å². The van der Waals surface area contributed by atoms with Gasteiger partial charge in [-0.05, 0) is 13.3 Å². The number of aromatic amines is 1. The molecule has 0 aliphatic carbocycles. The maximum absolute atomic E-state index is 12.2. The van der Waals surface area contributed by atoms with E-state index in [0.717, 1.165) is 17.9 Å². The van der Waals surface area contributed by atoms with Crippen LogP contribution < -0.4 is 0 Å². The second-order valence-corrected chi connectivity index (χ2v) is 5.06. The number of aliphatic hydroxyl groups is 1. The van der Waals surface area contributed by atoms with Crippen molar-refractivity contribution in [2.45, 2.75) is 26.3 Å². The van der Waals surface area contributed by atoms with Crippen molar-refractivity contribution in [1.29, 1.82) is 0 Å². The van der Waals surface area contributed by atoms with Crippen molar-refractivity contribution in [2.24, 2.45) is 0 Å². The SMILES string of the molecule is Cc1ncc(CN(CCO)C(=O)CN2CCCC2=O)[nH]1.O=CO. The van der Waals surface area contributed by atoms with Crippen molar-refractivity contribution < 1.29 is 24.6 Å². The molecule has 2 amide bonds.